The van der Waals surface area contributed by atoms with Crippen LogP contribution in [0.4, 0.5) is 10.1 Å². The number of aromatic nitrogens is 1. The molecule has 0 atom stereocenters. The van der Waals surface area contributed by atoms with Crippen molar-refractivity contribution in [2.75, 3.05) is 12.8 Å². The SMILES string of the molecule is COc1cc(C(=O)Cc2cnccc2N)ccc1F. The Morgan fingerprint density at radius 1 is 1.42 bits per heavy atom. The van der Waals surface area contributed by atoms with Crippen molar-refractivity contribution in [1.82, 2.24) is 4.98 Å². The van der Waals surface area contributed by atoms with Crippen molar-refractivity contribution >= 4 is 11.5 Å². The van der Waals surface area contributed by atoms with E-state index in [0.29, 0.717) is 16.8 Å². The summed E-state index contributed by atoms with van der Waals surface area (Å²) in [5.74, 6) is -0.622. The van der Waals surface area contributed by atoms with E-state index in [2.05, 4.69) is 4.98 Å². The number of rotatable bonds is 4. The first-order valence-corrected chi connectivity index (χ1v) is 5.67. The van der Waals surface area contributed by atoms with Crippen molar-refractivity contribution in [3.8, 4) is 5.75 Å². The molecule has 0 aliphatic heterocycles. The minimum Gasteiger partial charge on any atom is -0.494 e. The molecule has 0 saturated carbocycles. The quantitative estimate of drug-likeness (QED) is 0.856. The van der Waals surface area contributed by atoms with Gasteiger partial charge in [0.05, 0.1) is 7.11 Å². The number of carbonyl (C=O) groups is 1. The number of methoxy groups -OCH3 is 1. The normalized spacial score (nSPS) is 10.2. The van der Waals surface area contributed by atoms with Crippen molar-refractivity contribution in [2.45, 2.75) is 6.42 Å². The van der Waals surface area contributed by atoms with Crippen LogP contribution in [0.3, 0.4) is 0 Å². The molecule has 0 aliphatic rings. The molecule has 2 N–H and O–H groups in total. The number of halogens is 1. The number of nitrogens with two attached hydrogens (primary N) is 1. The van der Waals surface area contributed by atoms with Crippen LogP contribution in [0.25, 0.3) is 0 Å². The van der Waals surface area contributed by atoms with Crippen molar-refractivity contribution in [1.29, 1.82) is 0 Å². The number of nitrogens with zero attached hydrogens (tertiary/aromatic N) is 1. The fourth-order valence-corrected chi connectivity index (χ4v) is 1.69. The number of Topliss-reactive ketones (excluding diaryl/α,β-unsaturated/α-hetero) is 1. The van der Waals surface area contributed by atoms with Gasteiger partial charge in [-0.15, -0.1) is 0 Å². The van der Waals surface area contributed by atoms with Crippen LogP contribution < -0.4 is 10.5 Å². The average Bonchev–Trinajstić information content (AvgIpc) is 2.42. The number of nitrogen functional groups attached to an aromatic ring is 1. The first-order chi connectivity index (χ1) is 9.11. The lowest BCUT2D eigenvalue weighted by atomic mass is 10.0. The maximum atomic E-state index is 13.3. The monoisotopic (exact) mass is 260 g/mol. The van der Waals surface area contributed by atoms with Crippen molar-refractivity contribution < 1.29 is 13.9 Å². The number of hydrogen-bond acceptors (Lipinski definition) is 4. The summed E-state index contributed by atoms with van der Waals surface area (Å²) in [6.07, 6.45) is 3.23. The topological polar surface area (TPSA) is 65.2 Å². The second kappa shape index (κ2) is 5.48. The molecule has 19 heavy (non-hydrogen) atoms. The number of ether oxygens (including phenoxy) is 1. The first-order valence-electron chi connectivity index (χ1n) is 5.67. The Morgan fingerprint density at radius 3 is 2.89 bits per heavy atom. The van der Waals surface area contributed by atoms with Crippen LogP contribution in [0.2, 0.25) is 0 Å². The van der Waals surface area contributed by atoms with E-state index in [1.54, 1.807) is 18.5 Å². The first kappa shape index (κ1) is 13.0. The van der Waals surface area contributed by atoms with Crippen molar-refractivity contribution in [3.05, 3.63) is 53.6 Å². The van der Waals surface area contributed by atoms with E-state index in [0.717, 1.165) is 0 Å². The maximum absolute atomic E-state index is 13.3. The van der Waals surface area contributed by atoms with Crippen molar-refractivity contribution in [2.24, 2.45) is 0 Å². The molecule has 2 rings (SSSR count). The van der Waals surface area contributed by atoms with Crippen LogP contribution in [-0.2, 0) is 6.42 Å². The lowest BCUT2D eigenvalue weighted by Gasteiger charge is -2.06. The fourth-order valence-electron chi connectivity index (χ4n) is 1.69. The lowest BCUT2D eigenvalue weighted by Crippen LogP contribution is -2.07. The van der Waals surface area contributed by atoms with Gasteiger partial charge in [-0.2, -0.15) is 0 Å². The van der Waals surface area contributed by atoms with Gasteiger partial charge >= 0.3 is 0 Å². The molecule has 1 heterocycles. The molecule has 0 amide bonds. The smallest absolute Gasteiger partial charge is 0.167 e. The Kier molecular flexibility index (Phi) is 3.75. The summed E-state index contributed by atoms with van der Waals surface area (Å²) in [6, 6.07) is 5.64. The summed E-state index contributed by atoms with van der Waals surface area (Å²) in [6.45, 7) is 0. The van der Waals surface area contributed by atoms with E-state index in [4.69, 9.17) is 10.5 Å². The highest BCUT2D eigenvalue weighted by Crippen LogP contribution is 2.20. The number of ketones is 1. The molecule has 1 aromatic heterocycles. The molecule has 0 spiro atoms. The van der Waals surface area contributed by atoms with Gasteiger partial charge in [0.15, 0.2) is 17.3 Å². The Bertz CT molecular complexity index is 614. The molecule has 0 radical (unpaired) electrons. The molecule has 4 nitrogen and oxygen atoms in total. The summed E-state index contributed by atoms with van der Waals surface area (Å²) in [5, 5.41) is 0. The van der Waals surface area contributed by atoms with E-state index in [9.17, 15) is 9.18 Å². The second-order valence-electron chi connectivity index (χ2n) is 4.02. The van der Waals surface area contributed by atoms with Crippen LogP contribution in [0.1, 0.15) is 15.9 Å². The zero-order chi connectivity index (χ0) is 13.8. The lowest BCUT2D eigenvalue weighted by molar-refractivity contribution is 0.0992. The largest absolute Gasteiger partial charge is 0.494 e. The third kappa shape index (κ3) is 2.88. The van der Waals surface area contributed by atoms with Gasteiger partial charge in [-0.3, -0.25) is 9.78 Å². The molecule has 0 unspecified atom stereocenters. The van der Waals surface area contributed by atoms with Gasteiger partial charge in [0, 0.05) is 35.6 Å². The zero-order valence-corrected chi connectivity index (χ0v) is 10.4. The Labute approximate surface area is 110 Å². The summed E-state index contributed by atoms with van der Waals surface area (Å²) in [5.41, 5.74) is 7.29. The molecule has 0 aliphatic carbocycles. The van der Waals surface area contributed by atoms with Gasteiger partial charge in [-0.25, -0.2) is 4.39 Å². The molecule has 0 fully saturated rings. The van der Waals surface area contributed by atoms with Gasteiger partial charge in [-0.1, -0.05) is 0 Å². The number of benzene rings is 1. The van der Waals surface area contributed by atoms with E-state index >= 15 is 0 Å². The highest BCUT2D eigenvalue weighted by molar-refractivity contribution is 5.98. The Balaban J connectivity index is 2.23. The van der Waals surface area contributed by atoms with E-state index in [-0.39, 0.29) is 18.0 Å². The van der Waals surface area contributed by atoms with Gasteiger partial charge in [0.25, 0.3) is 0 Å². The predicted molar refractivity (Wildman–Crippen MR) is 69.6 cm³/mol. The molecular weight excluding hydrogens is 247 g/mol. The average molecular weight is 260 g/mol. The molecule has 0 bridgehead atoms. The zero-order valence-electron chi connectivity index (χ0n) is 10.4. The summed E-state index contributed by atoms with van der Waals surface area (Å²) < 4.78 is 18.1. The van der Waals surface area contributed by atoms with E-state index in [1.807, 2.05) is 0 Å². The Morgan fingerprint density at radius 2 is 2.21 bits per heavy atom. The van der Waals surface area contributed by atoms with Gasteiger partial charge in [0.1, 0.15) is 0 Å². The second-order valence-corrected chi connectivity index (χ2v) is 4.02. The van der Waals surface area contributed by atoms with Crippen LogP contribution in [0, 0.1) is 5.82 Å². The van der Waals surface area contributed by atoms with Crippen LogP contribution >= 0.6 is 0 Å². The molecule has 5 heteroatoms. The van der Waals surface area contributed by atoms with E-state index in [1.165, 1.54) is 25.3 Å². The highest BCUT2D eigenvalue weighted by Gasteiger charge is 2.12. The summed E-state index contributed by atoms with van der Waals surface area (Å²) >= 11 is 0. The molecule has 98 valence electrons. The summed E-state index contributed by atoms with van der Waals surface area (Å²) in [7, 11) is 1.35. The van der Waals surface area contributed by atoms with Gasteiger partial charge in [-0.05, 0) is 24.3 Å². The molecular formula is C14H13FN2O2. The minimum absolute atomic E-state index is 0.0463. The third-order valence-electron chi connectivity index (χ3n) is 2.77. The van der Waals surface area contributed by atoms with Crippen LogP contribution in [0.5, 0.6) is 5.75 Å². The maximum Gasteiger partial charge on any atom is 0.167 e. The Hall–Kier alpha value is -2.43. The molecule has 0 saturated heterocycles. The molecule has 2 aromatic rings. The minimum atomic E-state index is -0.500. The summed E-state index contributed by atoms with van der Waals surface area (Å²) in [4.78, 5) is 16.0. The van der Waals surface area contributed by atoms with Crippen molar-refractivity contribution in [3.63, 3.8) is 0 Å². The van der Waals surface area contributed by atoms with Gasteiger partial charge < -0.3 is 10.5 Å². The number of carbonyl (C=O) groups excluding carboxylic acids is 1. The number of pyridine rings is 1. The number of anilines is 1. The third-order valence-corrected chi connectivity index (χ3v) is 2.77. The fraction of sp³-hybridized carbons (Fsp3) is 0.143. The number of hydrogen-bond donors (Lipinski definition) is 1. The van der Waals surface area contributed by atoms with E-state index < -0.39 is 5.82 Å². The predicted octanol–water partition coefficient (Wildman–Crippen LogP) is 2.24. The van der Waals surface area contributed by atoms with Crippen LogP contribution in [-0.4, -0.2) is 17.9 Å². The van der Waals surface area contributed by atoms with Gasteiger partial charge in [0.2, 0.25) is 0 Å². The van der Waals surface area contributed by atoms with Crippen LogP contribution in [0.15, 0.2) is 36.7 Å². The molecule has 1 aromatic carbocycles. The standard InChI is InChI=1S/C14H13FN2O2/c1-19-14-7-9(2-3-11(14)15)13(18)6-10-8-17-5-4-12(10)16/h2-5,7-8H,6H2,1H3,(H2,16,17). The highest BCUT2D eigenvalue weighted by atomic mass is 19.1.